The summed E-state index contributed by atoms with van der Waals surface area (Å²) < 4.78 is 40.6. The number of halogens is 1. The Kier molecular flexibility index (Phi) is 4.44. The van der Waals surface area contributed by atoms with Crippen LogP contribution in [0.4, 0.5) is 4.39 Å². The third kappa shape index (κ3) is 3.26. The van der Waals surface area contributed by atoms with Gasteiger partial charge < -0.3 is 0 Å². The zero-order valence-electron chi connectivity index (χ0n) is 15.1. The van der Waals surface area contributed by atoms with Gasteiger partial charge in [-0.05, 0) is 48.2 Å². The number of rotatable bonds is 3. The first-order chi connectivity index (χ1) is 12.1. The summed E-state index contributed by atoms with van der Waals surface area (Å²) in [5.41, 5.74) is 1.71. The van der Waals surface area contributed by atoms with E-state index >= 15 is 0 Å². The van der Waals surface area contributed by atoms with Crippen molar-refractivity contribution in [2.45, 2.75) is 43.0 Å². The molecule has 26 heavy (non-hydrogen) atoms. The Morgan fingerprint density at radius 2 is 1.69 bits per heavy atom. The van der Waals surface area contributed by atoms with Crippen molar-refractivity contribution in [2.75, 3.05) is 0 Å². The Labute approximate surface area is 152 Å². The highest BCUT2D eigenvalue weighted by molar-refractivity contribution is 7.91. The van der Waals surface area contributed by atoms with Gasteiger partial charge in [0, 0.05) is 0 Å². The molecule has 1 heterocycles. The normalized spacial score (nSPS) is 12.3. The summed E-state index contributed by atoms with van der Waals surface area (Å²) in [6.07, 6.45) is 0. The number of hydrogen-bond donors (Lipinski definition) is 0. The smallest absolute Gasteiger partial charge is 0.217 e. The van der Waals surface area contributed by atoms with Crippen molar-refractivity contribution in [3.8, 4) is 5.69 Å². The maximum atomic E-state index is 13.4. The summed E-state index contributed by atoms with van der Waals surface area (Å²) in [6.45, 7) is 7.78. The van der Waals surface area contributed by atoms with Gasteiger partial charge in [0.2, 0.25) is 14.9 Å². The minimum atomic E-state index is -3.82. The summed E-state index contributed by atoms with van der Waals surface area (Å²) >= 11 is 0. The molecule has 136 valence electrons. The van der Waals surface area contributed by atoms with Crippen LogP contribution in [0.15, 0.2) is 58.5 Å². The molecule has 0 unspecified atom stereocenters. The lowest BCUT2D eigenvalue weighted by atomic mass is 9.87. The molecule has 0 N–H and O–H groups in total. The zero-order chi connectivity index (χ0) is 19.1. The summed E-state index contributed by atoms with van der Waals surface area (Å²) in [4.78, 5) is 0.153. The van der Waals surface area contributed by atoms with Crippen molar-refractivity contribution in [3.63, 3.8) is 0 Å². The number of benzene rings is 2. The molecule has 0 aliphatic carbocycles. The fraction of sp³-hybridized carbons (Fsp3) is 0.263. The van der Waals surface area contributed by atoms with E-state index in [-0.39, 0.29) is 15.3 Å². The van der Waals surface area contributed by atoms with Gasteiger partial charge in [-0.25, -0.2) is 17.5 Å². The second-order valence-corrected chi connectivity index (χ2v) is 9.01. The molecule has 7 heteroatoms. The van der Waals surface area contributed by atoms with Gasteiger partial charge in [0.25, 0.3) is 0 Å². The van der Waals surface area contributed by atoms with Crippen LogP contribution >= 0.6 is 0 Å². The molecule has 5 nitrogen and oxygen atoms in total. The first kappa shape index (κ1) is 18.3. The van der Waals surface area contributed by atoms with Crippen LogP contribution in [0.3, 0.4) is 0 Å². The van der Waals surface area contributed by atoms with Gasteiger partial charge >= 0.3 is 0 Å². The van der Waals surface area contributed by atoms with E-state index in [0.717, 1.165) is 5.56 Å². The highest BCUT2D eigenvalue weighted by Crippen LogP contribution is 2.27. The average molecular weight is 373 g/mol. The van der Waals surface area contributed by atoms with Crippen molar-refractivity contribution in [2.24, 2.45) is 0 Å². The predicted molar refractivity (Wildman–Crippen MR) is 96.6 cm³/mol. The van der Waals surface area contributed by atoms with Crippen LogP contribution in [0.5, 0.6) is 0 Å². The van der Waals surface area contributed by atoms with E-state index in [0.29, 0.717) is 11.4 Å². The second-order valence-electron chi connectivity index (χ2n) is 7.15. The van der Waals surface area contributed by atoms with E-state index in [9.17, 15) is 12.8 Å². The van der Waals surface area contributed by atoms with Gasteiger partial charge in [-0.1, -0.05) is 44.2 Å². The van der Waals surface area contributed by atoms with Crippen LogP contribution in [0, 0.1) is 12.7 Å². The molecule has 2 aromatic carbocycles. The first-order valence-corrected chi connectivity index (χ1v) is 9.63. The second kappa shape index (κ2) is 6.32. The topological polar surface area (TPSA) is 64.8 Å². The fourth-order valence-corrected chi connectivity index (χ4v) is 4.00. The molecule has 0 saturated carbocycles. The number of nitrogens with zero attached hydrogens (tertiary/aromatic N) is 3. The van der Waals surface area contributed by atoms with Gasteiger partial charge in [0.1, 0.15) is 5.82 Å². The maximum absolute atomic E-state index is 13.4. The largest absolute Gasteiger partial charge is 0.227 e. The van der Waals surface area contributed by atoms with Gasteiger partial charge in [-0.2, -0.15) is 0 Å². The van der Waals surface area contributed by atoms with Crippen LogP contribution in [-0.2, 0) is 15.3 Å². The zero-order valence-corrected chi connectivity index (χ0v) is 15.9. The first-order valence-electron chi connectivity index (χ1n) is 8.14. The monoisotopic (exact) mass is 373 g/mol. The Bertz CT molecular complexity index is 1050. The molecule has 0 saturated heterocycles. The molecule has 0 atom stereocenters. The molecular weight excluding hydrogens is 353 g/mol. The van der Waals surface area contributed by atoms with Gasteiger partial charge in [0.15, 0.2) is 0 Å². The van der Waals surface area contributed by atoms with Crippen LogP contribution in [0.2, 0.25) is 0 Å². The van der Waals surface area contributed by atoms with Crippen molar-refractivity contribution in [1.82, 2.24) is 15.0 Å². The third-order valence-corrected chi connectivity index (χ3v) is 5.97. The molecule has 0 aliphatic heterocycles. The molecule has 1 aromatic heterocycles. The highest BCUT2D eigenvalue weighted by atomic mass is 32.2. The Morgan fingerprint density at radius 3 is 2.27 bits per heavy atom. The van der Waals surface area contributed by atoms with Crippen molar-refractivity contribution >= 4 is 9.84 Å². The average Bonchev–Trinajstić information content (AvgIpc) is 2.96. The van der Waals surface area contributed by atoms with Crippen LogP contribution < -0.4 is 0 Å². The van der Waals surface area contributed by atoms with Crippen molar-refractivity contribution in [3.05, 3.63) is 65.6 Å². The lowest BCUT2D eigenvalue weighted by Crippen LogP contribution is -2.11. The van der Waals surface area contributed by atoms with E-state index in [1.807, 2.05) is 0 Å². The number of aromatic nitrogens is 3. The van der Waals surface area contributed by atoms with E-state index in [1.165, 1.54) is 22.9 Å². The SMILES string of the molecule is Cc1c(S(=O)(=O)c2ccc(C(C)(C)C)cc2)nnn1-c1cccc(F)c1. The minimum Gasteiger partial charge on any atom is -0.217 e. The molecule has 0 bridgehead atoms. The fourth-order valence-electron chi connectivity index (χ4n) is 2.66. The molecular formula is C19H20FN3O2S. The Balaban J connectivity index is 2.03. The molecule has 0 amide bonds. The van der Waals surface area contributed by atoms with Crippen LogP contribution in [0.1, 0.15) is 32.0 Å². The van der Waals surface area contributed by atoms with Gasteiger partial charge in [-0.3, -0.25) is 0 Å². The Morgan fingerprint density at radius 1 is 1.04 bits per heavy atom. The Hall–Kier alpha value is -2.54. The van der Waals surface area contributed by atoms with Gasteiger partial charge in [-0.15, -0.1) is 5.10 Å². The molecule has 3 rings (SSSR count). The van der Waals surface area contributed by atoms with Crippen molar-refractivity contribution < 1.29 is 12.8 Å². The predicted octanol–water partition coefficient (Wildman–Crippen LogP) is 3.85. The molecule has 3 aromatic rings. The quantitative estimate of drug-likeness (QED) is 0.700. The molecule has 0 aliphatic rings. The standard InChI is InChI=1S/C19H20FN3O2S/c1-13-18(21-22-23(13)16-7-5-6-15(20)12-16)26(24,25)17-10-8-14(9-11-17)19(2,3)4/h5-12H,1-4H3. The van der Waals surface area contributed by atoms with Gasteiger partial charge in [0.05, 0.1) is 16.3 Å². The summed E-state index contributed by atoms with van der Waals surface area (Å²) in [7, 11) is -3.82. The summed E-state index contributed by atoms with van der Waals surface area (Å²) in [5, 5.41) is 7.61. The third-order valence-electron chi connectivity index (χ3n) is 4.19. The van der Waals surface area contributed by atoms with E-state index in [2.05, 4.69) is 31.1 Å². The number of hydrogen-bond acceptors (Lipinski definition) is 4. The molecule has 0 radical (unpaired) electrons. The van der Waals surface area contributed by atoms with Crippen LogP contribution in [0.25, 0.3) is 5.69 Å². The highest BCUT2D eigenvalue weighted by Gasteiger charge is 2.26. The molecule has 0 spiro atoms. The van der Waals surface area contributed by atoms with Crippen molar-refractivity contribution in [1.29, 1.82) is 0 Å². The lowest BCUT2D eigenvalue weighted by Gasteiger charge is -2.19. The van der Waals surface area contributed by atoms with E-state index in [1.54, 1.807) is 37.3 Å². The van der Waals surface area contributed by atoms with E-state index < -0.39 is 15.7 Å². The maximum Gasteiger partial charge on any atom is 0.227 e. The van der Waals surface area contributed by atoms with Crippen LogP contribution in [-0.4, -0.2) is 23.4 Å². The molecule has 0 fully saturated rings. The number of sulfone groups is 1. The lowest BCUT2D eigenvalue weighted by molar-refractivity contribution is 0.584. The van der Waals surface area contributed by atoms with E-state index in [4.69, 9.17) is 0 Å². The summed E-state index contributed by atoms with van der Waals surface area (Å²) in [5.74, 6) is -0.431. The minimum absolute atomic E-state index is 0.0707. The summed E-state index contributed by atoms with van der Waals surface area (Å²) in [6, 6.07) is 12.5.